The maximum atomic E-state index is 12.3. The molecule has 6 nitrogen and oxygen atoms in total. The van der Waals surface area contributed by atoms with Crippen LogP contribution in [-0.2, 0) is 20.9 Å². The summed E-state index contributed by atoms with van der Waals surface area (Å²) in [5.74, 6) is -0.837. The van der Waals surface area contributed by atoms with Gasteiger partial charge in [0.15, 0.2) is 6.61 Å². The molecule has 0 unspecified atom stereocenters. The number of carbonyl (C=O) groups excluding carboxylic acids is 2. The molecule has 3 rings (SSSR count). The van der Waals surface area contributed by atoms with Crippen molar-refractivity contribution >= 4 is 12.1 Å². The number of nitriles is 1. The second kappa shape index (κ2) is 10.2. The number of alkyl halides is 3. The normalized spacial score (nSPS) is 14.5. The second-order valence-electron chi connectivity index (χ2n) is 7.39. The highest BCUT2D eigenvalue weighted by molar-refractivity contribution is 5.74. The Morgan fingerprint density at radius 1 is 1.03 bits per heavy atom. The smallest absolute Gasteiger partial charge is 0.422 e. The van der Waals surface area contributed by atoms with Crippen LogP contribution >= 0.6 is 0 Å². The Balaban J connectivity index is 1.46. The summed E-state index contributed by atoms with van der Waals surface area (Å²) in [6.45, 7) is -1.30. The number of esters is 1. The molecule has 1 fully saturated rings. The molecular formula is C23H21F3N2O4. The van der Waals surface area contributed by atoms with Crippen LogP contribution in [0, 0.1) is 17.2 Å². The van der Waals surface area contributed by atoms with Gasteiger partial charge in [0.1, 0.15) is 6.61 Å². The van der Waals surface area contributed by atoms with Crippen LogP contribution in [0.25, 0.3) is 11.1 Å². The van der Waals surface area contributed by atoms with E-state index in [2.05, 4.69) is 10.8 Å². The molecule has 1 saturated heterocycles. The monoisotopic (exact) mass is 446 g/mol. The molecular weight excluding hydrogens is 425 g/mol. The third-order valence-corrected chi connectivity index (χ3v) is 5.14. The zero-order valence-corrected chi connectivity index (χ0v) is 17.1. The molecule has 0 aliphatic carbocycles. The van der Waals surface area contributed by atoms with Gasteiger partial charge in [-0.1, -0.05) is 42.5 Å². The predicted octanol–water partition coefficient (Wildman–Crippen LogP) is 4.68. The first kappa shape index (κ1) is 23.1. The van der Waals surface area contributed by atoms with Gasteiger partial charge in [-0.2, -0.15) is 18.4 Å². The number of rotatable bonds is 5. The first-order chi connectivity index (χ1) is 15.3. The number of halogens is 3. The lowest BCUT2D eigenvalue weighted by atomic mass is 9.97. The van der Waals surface area contributed by atoms with Crippen molar-refractivity contribution in [2.45, 2.75) is 25.6 Å². The average molecular weight is 446 g/mol. The van der Waals surface area contributed by atoms with Crippen molar-refractivity contribution in [1.82, 2.24) is 4.90 Å². The molecule has 1 heterocycles. The minimum absolute atomic E-state index is 0.0762. The van der Waals surface area contributed by atoms with Crippen LogP contribution < -0.4 is 0 Å². The number of hydrogen-bond acceptors (Lipinski definition) is 5. The molecule has 32 heavy (non-hydrogen) atoms. The van der Waals surface area contributed by atoms with Crippen molar-refractivity contribution in [3.8, 4) is 17.2 Å². The average Bonchev–Trinajstić information content (AvgIpc) is 2.81. The maximum Gasteiger partial charge on any atom is 0.422 e. The highest BCUT2D eigenvalue weighted by Gasteiger charge is 2.33. The van der Waals surface area contributed by atoms with Gasteiger partial charge in [0.25, 0.3) is 0 Å². The molecule has 0 atom stereocenters. The van der Waals surface area contributed by atoms with E-state index in [1.807, 2.05) is 36.4 Å². The minimum atomic E-state index is -4.57. The number of likely N-dealkylation sites (tertiary alicyclic amines) is 1. The Labute approximate surface area is 183 Å². The number of ether oxygens (including phenoxy) is 2. The Morgan fingerprint density at radius 2 is 1.69 bits per heavy atom. The van der Waals surface area contributed by atoms with E-state index in [0.29, 0.717) is 18.4 Å². The van der Waals surface area contributed by atoms with E-state index in [1.54, 1.807) is 12.1 Å². The highest BCUT2D eigenvalue weighted by atomic mass is 19.4. The van der Waals surface area contributed by atoms with E-state index in [4.69, 9.17) is 4.74 Å². The fourth-order valence-electron chi connectivity index (χ4n) is 3.42. The third-order valence-electron chi connectivity index (χ3n) is 5.14. The number of benzene rings is 2. The van der Waals surface area contributed by atoms with Crippen LogP contribution in [0.5, 0.6) is 0 Å². The van der Waals surface area contributed by atoms with Gasteiger partial charge in [-0.15, -0.1) is 0 Å². The summed E-state index contributed by atoms with van der Waals surface area (Å²) in [6, 6.07) is 16.7. The van der Waals surface area contributed by atoms with Crippen molar-refractivity contribution in [2.24, 2.45) is 5.92 Å². The van der Waals surface area contributed by atoms with Gasteiger partial charge >= 0.3 is 18.2 Å². The molecule has 0 N–H and O–H groups in total. The van der Waals surface area contributed by atoms with E-state index in [1.165, 1.54) is 0 Å². The molecule has 0 aromatic heterocycles. The van der Waals surface area contributed by atoms with Gasteiger partial charge in [0.2, 0.25) is 0 Å². The summed E-state index contributed by atoms with van der Waals surface area (Å²) >= 11 is 0. The molecule has 9 heteroatoms. The Kier molecular flexibility index (Phi) is 7.36. The lowest BCUT2D eigenvalue weighted by molar-refractivity contribution is -0.163. The molecule has 0 radical (unpaired) electrons. The van der Waals surface area contributed by atoms with Crippen molar-refractivity contribution in [3.63, 3.8) is 0 Å². The number of nitrogens with zero attached hydrogens (tertiary/aromatic N) is 2. The number of hydrogen-bond donors (Lipinski definition) is 0. The quantitative estimate of drug-likeness (QED) is 0.623. The molecule has 2 aromatic carbocycles. The highest BCUT2D eigenvalue weighted by Crippen LogP contribution is 2.24. The van der Waals surface area contributed by atoms with Crippen LogP contribution in [0.4, 0.5) is 18.0 Å². The van der Waals surface area contributed by atoms with E-state index in [0.717, 1.165) is 21.6 Å². The van der Waals surface area contributed by atoms with Gasteiger partial charge in [-0.25, -0.2) is 4.79 Å². The number of piperidine rings is 1. The fraction of sp³-hybridized carbons (Fsp3) is 0.348. The van der Waals surface area contributed by atoms with Gasteiger partial charge in [-0.05, 0) is 35.6 Å². The molecule has 1 aliphatic heterocycles. The molecule has 0 saturated carbocycles. The Bertz CT molecular complexity index is 992. The lowest BCUT2D eigenvalue weighted by Crippen LogP contribution is -2.41. The molecule has 1 amide bonds. The van der Waals surface area contributed by atoms with Gasteiger partial charge in [0, 0.05) is 13.1 Å². The molecule has 1 aliphatic rings. The van der Waals surface area contributed by atoms with Gasteiger partial charge in [0.05, 0.1) is 17.6 Å². The topological polar surface area (TPSA) is 79.6 Å². The molecule has 2 aromatic rings. The zero-order valence-electron chi connectivity index (χ0n) is 17.1. The first-order valence-corrected chi connectivity index (χ1v) is 10.0. The van der Waals surface area contributed by atoms with Crippen LogP contribution in [0.1, 0.15) is 24.0 Å². The van der Waals surface area contributed by atoms with Crippen molar-refractivity contribution in [3.05, 3.63) is 59.7 Å². The zero-order chi connectivity index (χ0) is 23.1. The lowest BCUT2D eigenvalue weighted by Gasteiger charge is -2.30. The third kappa shape index (κ3) is 6.23. The van der Waals surface area contributed by atoms with Crippen LogP contribution in [0.2, 0.25) is 0 Å². The van der Waals surface area contributed by atoms with E-state index < -0.39 is 30.8 Å². The number of amides is 1. The van der Waals surface area contributed by atoms with E-state index >= 15 is 0 Å². The first-order valence-electron chi connectivity index (χ1n) is 10.0. The summed E-state index contributed by atoms with van der Waals surface area (Å²) in [5, 5.41) is 9.23. The van der Waals surface area contributed by atoms with Crippen LogP contribution in [-0.4, -0.2) is 42.8 Å². The van der Waals surface area contributed by atoms with Crippen molar-refractivity contribution < 1.29 is 32.2 Å². The molecule has 0 bridgehead atoms. The van der Waals surface area contributed by atoms with Crippen LogP contribution in [0.15, 0.2) is 48.5 Å². The van der Waals surface area contributed by atoms with E-state index in [-0.39, 0.29) is 19.7 Å². The molecule has 0 spiro atoms. The van der Waals surface area contributed by atoms with Crippen molar-refractivity contribution in [2.75, 3.05) is 19.7 Å². The summed E-state index contributed by atoms with van der Waals surface area (Å²) in [6.07, 6.45) is -5.02. The van der Waals surface area contributed by atoms with Gasteiger partial charge < -0.3 is 14.4 Å². The SMILES string of the molecule is N#Cc1ccccc1-c1ccc(COC(=O)C2CCN(C(=O)OCC(F)(F)F)CC2)cc1. The van der Waals surface area contributed by atoms with E-state index in [9.17, 15) is 28.0 Å². The minimum Gasteiger partial charge on any atom is -0.461 e. The van der Waals surface area contributed by atoms with Crippen molar-refractivity contribution in [1.29, 1.82) is 5.26 Å². The predicted molar refractivity (Wildman–Crippen MR) is 108 cm³/mol. The fourth-order valence-corrected chi connectivity index (χ4v) is 3.42. The summed E-state index contributed by atoms with van der Waals surface area (Å²) in [5.41, 5.74) is 3.05. The summed E-state index contributed by atoms with van der Waals surface area (Å²) in [7, 11) is 0. The largest absolute Gasteiger partial charge is 0.461 e. The maximum absolute atomic E-state index is 12.3. The Hall–Kier alpha value is -3.54. The van der Waals surface area contributed by atoms with Gasteiger partial charge in [-0.3, -0.25) is 4.79 Å². The standard InChI is InChI=1S/C23H21F3N2O4/c24-23(25,26)15-32-22(30)28-11-9-18(10-12-28)21(29)31-14-16-5-7-17(8-6-16)20-4-2-1-3-19(20)13-27/h1-8,18H,9-12,14-15H2. The summed E-state index contributed by atoms with van der Waals surface area (Å²) < 4.78 is 46.0. The Morgan fingerprint density at radius 3 is 2.31 bits per heavy atom. The second-order valence-corrected chi connectivity index (χ2v) is 7.39. The number of carbonyl (C=O) groups is 2. The summed E-state index contributed by atoms with van der Waals surface area (Å²) in [4.78, 5) is 25.2. The molecule has 168 valence electrons. The van der Waals surface area contributed by atoms with Crippen LogP contribution in [0.3, 0.4) is 0 Å².